The predicted molar refractivity (Wildman–Crippen MR) is 45.6 cm³/mol. The van der Waals surface area contributed by atoms with E-state index < -0.39 is 22.3 Å². The number of aromatic nitrogens is 1. The van der Waals surface area contributed by atoms with E-state index in [0.29, 0.717) is 0 Å². The van der Waals surface area contributed by atoms with Gasteiger partial charge in [0.25, 0.3) is 0 Å². The molecule has 0 aliphatic carbocycles. The topological polar surface area (TPSA) is 93.3 Å². The fourth-order valence-electron chi connectivity index (χ4n) is 0.733. The number of rotatable bonds is 2. The van der Waals surface area contributed by atoms with Crippen LogP contribution in [-0.4, -0.2) is 21.0 Å². The van der Waals surface area contributed by atoms with Gasteiger partial charge in [-0.3, -0.25) is 10.1 Å². The van der Waals surface area contributed by atoms with E-state index in [9.17, 15) is 14.9 Å². The number of halogens is 1. The van der Waals surface area contributed by atoms with Crippen LogP contribution in [0.5, 0.6) is 0 Å². The maximum Gasteiger partial charge on any atom is 0.361 e. The quantitative estimate of drug-likeness (QED) is 0.484. The van der Waals surface area contributed by atoms with Crippen molar-refractivity contribution in [1.82, 2.24) is 4.98 Å². The molecule has 1 heterocycles. The molecule has 1 aromatic rings. The minimum Gasteiger partial charge on any atom is -0.476 e. The summed E-state index contributed by atoms with van der Waals surface area (Å²) in [5.74, 6) is -1.42. The van der Waals surface area contributed by atoms with Crippen LogP contribution in [0.2, 0.25) is 0 Å². The van der Waals surface area contributed by atoms with Crippen molar-refractivity contribution in [3.63, 3.8) is 0 Å². The van der Waals surface area contributed by atoms with E-state index in [1.54, 1.807) is 0 Å². The van der Waals surface area contributed by atoms with Crippen LogP contribution >= 0.6 is 15.9 Å². The molecule has 7 heteroatoms. The van der Waals surface area contributed by atoms with E-state index in [-0.39, 0.29) is 4.60 Å². The van der Waals surface area contributed by atoms with Crippen LogP contribution in [0.4, 0.5) is 5.69 Å². The normalized spacial score (nSPS) is 9.62. The molecular weight excluding hydrogens is 244 g/mol. The summed E-state index contributed by atoms with van der Waals surface area (Å²) in [6.07, 6.45) is 0. The van der Waals surface area contributed by atoms with Crippen molar-refractivity contribution in [3.05, 3.63) is 32.5 Å². The number of hydrogen-bond acceptors (Lipinski definition) is 4. The molecule has 0 unspecified atom stereocenters. The van der Waals surface area contributed by atoms with E-state index in [1.807, 2.05) is 0 Å². The average Bonchev–Trinajstić information content (AvgIpc) is 2.03. The first-order chi connectivity index (χ1) is 6.02. The van der Waals surface area contributed by atoms with Gasteiger partial charge in [-0.2, -0.15) is 0 Å². The van der Waals surface area contributed by atoms with Crippen molar-refractivity contribution < 1.29 is 14.8 Å². The van der Waals surface area contributed by atoms with Crippen molar-refractivity contribution >= 4 is 27.6 Å². The molecule has 0 bridgehead atoms. The standard InChI is InChI=1S/C6H3BrN2O4/c7-4-2-1-3(9(12)13)5(8-4)6(10)11/h1-2H,(H,10,11). The van der Waals surface area contributed by atoms with E-state index in [2.05, 4.69) is 20.9 Å². The molecule has 0 amide bonds. The van der Waals surface area contributed by atoms with Gasteiger partial charge in [0, 0.05) is 6.07 Å². The van der Waals surface area contributed by atoms with Gasteiger partial charge in [0.2, 0.25) is 5.69 Å². The molecule has 0 aliphatic rings. The lowest BCUT2D eigenvalue weighted by atomic mass is 10.3. The molecule has 1 rings (SSSR count). The van der Waals surface area contributed by atoms with Crippen molar-refractivity contribution in [2.45, 2.75) is 0 Å². The van der Waals surface area contributed by atoms with Crippen LogP contribution < -0.4 is 0 Å². The second-order valence-corrected chi connectivity index (χ2v) is 2.88. The third-order valence-corrected chi connectivity index (χ3v) is 1.68. The maximum atomic E-state index is 10.5. The molecule has 0 aromatic carbocycles. The first-order valence-electron chi connectivity index (χ1n) is 3.06. The molecule has 0 atom stereocenters. The van der Waals surface area contributed by atoms with Gasteiger partial charge < -0.3 is 5.11 Å². The Labute approximate surface area is 80.5 Å². The summed E-state index contributed by atoms with van der Waals surface area (Å²) >= 11 is 2.92. The molecule has 0 saturated heterocycles. The number of aromatic carboxylic acids is 1. The number of carboxylic acids is 1. The van der Waals surface area contributed by atoms with Crippen molar-refractivity contribution in [2.75, 3.05) is 0 Å². The number of carboxylic acid groups (broad SMARTS) is 1. The van der Waals surface area contributed by atoms with Gasteiger partial charge >= 0.3 is 11.7 Å². The minimum absolute atomic E-state index is 0.246. The molecule has 1 aromatic heterocycles. The smallest absolute Gasteiger partial charge is 0.361 e. The second-order valence-electron chi connectivity index (χ2n) is 2.06. The van der Waals surface area contributed by atoms with E-state index in [1.165, 1.54) is 6.07 Å². The lowest BCUT2D eigenvalue weighted by Crippen LogP contribution is -2.05. The highest BCUT2D eigenvalue weighted by atomic mass is 79.9. The third kappa shape index (κ3) is 2.00. The van der Waals surface area contributed by atoms with Crippen LogP contribution in [0.3, 0.4) is 0 Å². The average molecular weight is 247 g/mol. The number of carbonyl (C=O) groups is 1. The summed E-state index contributed by atoms with van der Waals surface area (Å²) < 4.78 is 0.246. The summed E-state index contributed by atoms with van der Waals surface area (Å²) in [6, 6.07) is 2.39. The molecule has 0 aliphatic heterocycles. The van der Waals surface area contributed by atoms with Gasteiger partial charge in [0.1, 0.15) is 4.60 Å². The van der Waals surface area contributed by atoms with E-state index in [4.69, 9.17) is 5.11 Å². The highest BCUT2D eigenvalue weighted by Crippen LogP contribution is 2.18. The molecule has 1 N–H and O–H groups in total. The summed E-state index contributed by atoms with van der Waals surface area (Å²) in [7, 11) is 0. The monoisotopic (exact) mass is 246 g/mol. The molecule has 0 saturated carbocycles. The van der Waals surface area contributed by atoms with Crippen LogP contribution in [0.25, 0.3) is 0 Å². The number of hydrogen-bond donors (Lipinski definition) is 1. The van der Waals surface area contributed by atoms with E-state index >= 15 is 0 Å². The van der Waals surface area contributed by atoms with Gasteiger partial charge in [-0.05, 0) is 22.0 Å². The zero-order chi connectivity index (χ0) is 10.0. The van der Waals surface area contributed by atoms with Crippen molar-refractivity contribution in [3.8, 4) is 0 Å². The van der Waals surface area contributed by atoms with E-state index in [0.717, 1.165) is 6.07 Å². The summed E-state index contributed by atoms with van der Waals surface area (Å²) in [5, 5.41) is 18.9. The van der Waals surface area contributed by atoms with Crippen LogP contribution in [0, 0.1) is 10.1 Å². The molecule has 13 heavy (non-hydrogen) atoms. The zero-order valence-electron chi connectivity index (χ0n) is 6.10. The second kappa shape index (κ2) is 3.48. The Morgan fingerprint density at radius 2 is 2.23 bits per heavy atom. The Balaban J connectivity index is 3.35. The Bertz CT molecular complexity index is 379. The molecule has 6 nitrogen and oxygen atoms in total. The van der Waals surface area contributed by atoms with Crippen molar-refractivity contribution in [1.29, 1.82) is 0 Å². The Morgan fingerprint density at radius 3 is 2.69 bits per heavy atom. The van der Waals surface area contributed by atoms with Gasteiger partial charge in [0.05, 0.1) is 4.92 Å². The Hall–Kier alpha value is -1.50. The lowest BCUT2D eigenvalue weighted by molar-refractivity contribution is -0.385. The van der Waals surface area contributed by atoms with Crippen LogP contribution in [0.1, 0.15) is 10.5 Å². The first-order valence-corrected chi connectivity index (χ1v) is 3.86. The van der Waals surface area contributed by atoms with Gasteiger partial charge in [-0.25, -0.2) is 9.78 Å². The Morgan fingerprint density at radius 1 is 1.62 bits per heavy atom. The summed E-state index contributed by atoms with van der Waals surface area (Å²) in [5.41, 5.74) is -1.09. The van der Waals surface area contributed by atoms with Crippen molar-refractivity contribution in [2.24, 2.45) is 0 Å². The number of nitro groups is 1. The molecule has 0 fully saturated rings. The highest BCUT2D eigenvalue weighted by molar-refractivity contribution is 9.10. The van der Waals surface area contributed by atoms with Gasteiger partial charge in [-0.15, -0.1) is 0 Å². The third-order valence-electron chi connectivity index (χ3n) is 1.24. The van der Waals surface area contributed by atoms with Gasteiger partial charge in [-0.1, -0.05) is 0 Å². The fraction of sp³-hybridized carbons (Fsp3) is 0. The predicted octanol–water partition coefficient (Wildman–Crippen LogP) is 1.45. The minimum atomic E-state index is -1.42. The number of nitrogens with zero attached hydrogens (tertiary/aromatic N) is 2. The fourth-order valence-corrected chi connectivity index (χ4v) is 1.04. The Kier molecular flexibility index (Phi) is 2.57. The van der Waals surface area contributed by atoms with Gasteiger partial charge in [0.15, 0.2) is 0 Å². The number of pyridine rings is 1. The zero-order valence-corrected chi connectivity index (χ0v) is 7.69. The molecular formula is C6H3BrN2O4. The lowest BCUT2D eigenvalue weighted by Gasteiger charge is -1.96. The molecule has 0 radical (unpaired) electrons. The summed E-state index contributed by atoms with van der Waals surface area (Å²) in [4.78, 5) is 23.5. The molecule has 0 spiro atoms. The largest absolute Gasteiger partial charge is 0.476 e. The van der Waals surface area contributed by atoms with Crippen LogP contribution in [0.15, 0.2) is 16.7 Å². The van der Waals surface area contributed by atoms with Crippen LogP contribution in [-0.2, 0) is 0 Å². The summed E-state index contributed by atoms with van der Waals surface area (Å²) in [6.45, 7) is 0. The first kappa shape index (κ1) is 9.59. The molecule has 68 valence electrons. The SMILES string of the molecule is O=C(O)c1nc(Br)ccc1[N+](=O)[O-]. The maximum absolute atomic E-state index is 10.5. The highest BCUT2D eigenvalue weighted by Gasteiger charge is 2.21.